The second-order valence-electron chi connectivity index (χ2n) is 6.31. The van der Waals surface area contributed by atoms with Gasteiger partial charge in [0.1, 0.15) is 5.82 Å². The van der Waals surface area contributed by atoms with Crippen LogP contribution in [0.1, 0.15) is 17.2 Å². The third-order valence-electron chi connectivity index (χ3n) is 4.78. The van der Waals surface area contributed by atoms with Gasteiger partial charge in [0.15, 0.2) is 0 Å². The van der Waals surface area contributed by atoms with Crippen molar-refractivity contribution in [3.05, 3.63) is 90.4 Å². The van der Waals surface area contributed by atoms with Crippen molar-refractivity contribution in [1.29, 1.82) is 0 Å². The topological polar surface area (TPSA) is 32.3 Å². The second-order valence-corrected chi connectivity index (χ2v) is 6.31. The molecular formula is C21H22N4. The summed E-state index contributed by atoms with van der Waals surface area (Å²) < 4.78 is 0. The van der Waals surface area contributed by atoms with E-state index in [-0.39, 0.29) is 0 Å². The van der Waals surface area contributed by atoms with Gasteiger partial charge in [-0.05, 0) is 11.1 Å². The molecule has 0 saturated carbocycles. The number of anilines is 1. The van der Waals surface area contributed by atoms with Crippen LogP contribution in [0.15, 0.2) is 79.3 Å². The first-order chi connectivity index (χ1) is 12.4. The fraction of sp³-hybridized carbons (Fsp3) is 0.238. The van der Waals surface area contributed by atoms with Gasteiger partial charge in [-0.1, -0.05) is 60.7 Å². The molecule has 1 saturated heterocycles. The van der Waals surface area contributed by atoms with Gasteiger partial charge in [0, 0.05) is 38.6 Å². The Hall–Kier alpha value is -2.72. The van der Waals surface area contributed by atoms with Gasteiger partial charge in [-0.15, -0.1) is 0 Å². The van der Waals surface area contributed by atoms with Crippen LogP contribution in [0, 0.1) is 0 Å². The molecule has 1 aromatic heterocycles. The smallest absolute Gasteiger partial charge is 0.147 e. The summed E-state index contributed by atoms with van der Waals surface area (Å²) in [7, 11) is 0. The van der Waals surface area contributed by atoms with Crippen LogP contribution in [-0.2, 0) is 0 Å². The highest BCUT2D eigenvalue weighted by Gasteiger charge is 2.26. The van der Waals surface area contributed by atoms with Crippen molar-refractivity contribution in [2.75, 3.05) is 31.1 Å². The number of nitrogens with zero attached hydrogens (tertiary/aromatic N) is 4. The Bertz CT molecular complexity index is 729. The Morgan fingerprint density at radius 1 is 0.720 bits per heavy atom. The molecule has 4 heteroatoms. The summed E-state index contributed by atoms with van der Waals surface area (Å²) in [4.78, 5) is 13.5. The van der Waals surface area contributed by atoms with Crippen LogP contribution in [0.2, 0.25) is 0 Å². The molecule has 1 aliphatic rings. The fourth-order valence-corrected chi connectivity index (χ4v) is 3.55. The van der Waals surface area contributed by atoms with Gasteiger partial charge < -0.3 is 4.90 Å². The molecule has 0 bridgehead atoms. The van der Waals surface area contributed by atoms with Crippen LogP contribution in [-0.4, -0.2) is 41.0 Å². The van der Waals surface area contributed by atoms with Crippen molar-refractivity contribution in [3.8, 4) is 0 Å². The maximum atomic E-state index is 4.43. The van der Waals surface area contributed by atoms with Gasteiger partial charge in [0.05, 0.1) is 12.2 Å². The van der Waals surface area contributed by atoms with E-state index in [0.717, 1.165) is 32.0 Å². The summed E-state index contributed by atoms with van der Waals surface area (Å²) in [5.41, 5.74) is 2.70. The summed E-state index contributed by atoms with van der Waals surface area (Å²) in [6, 6.07) is 21.9. The molecule has 3 aromatic rings. The second kappa shape index (κ2) is 7.45. The van der Waals surface area contributed by atoms with Gasteiger partial charge in [-0.2, -0.15) is 0 Å². The minimum absolute atomic E-state index is 0.298. The lowest BCUT2D eigenvalue weighted by Crippen LogP contribution is -2.48. The maximum absolute atomic E-state index is 4.43. The number of hydrogen-bond donors (Lipinski definition) is 0. The molecule has 25 heavy (non-hydrogen) atoms. The van der Waals surface area contributed by atoms with E-state index in [2.05, 4.69) is 80.4 Å². The molecule has 0 spiro atoms. The van der Waals surface area contributed by atoms with E-state index in [4.69, 9.17) is 0 Å². The molecule has 0 atom stereocenters. The van der Waals surface area contributed by atoms with Crippen molar-refractivity contribution in [2.45, 2.75) is 6.04 Å². The standard InChI is InChI=1S/C21H22N4/c1-3-7-18(8-4-1)21(19-9-5-2-6-10-19)25-15-13-24(14-16-25)20-17-22-11-12-23-20/h1-12,17,21H,13-16H2. The zero-order valence-corrected chi connectivity index (χ0v) is 14.2. The highest BCUT2D eigenvalue weighted by atomic mass is 15.3. The summed E-state index contributed by atoms with van der Waals surface area (Å²) >= 11 is 0. The largest absolute Gasteiger partial charge is 0.353 e. The molecule has 2 heterocycles. The van der Waals surface area contributed by atoms with Gasteiger partial charge in [0.25, 0.3) is 0 Å². The number of piperazine rings is 1. The molecule has 126 valence electrons. The van der Waals surface area contributed by atoms with Crippen LogP contribution in [0.5, 0.6) is 0 Å². The number of benzene rings is 2. The van der Waals surface area contributed by atoms with E-state index in [0.29, 0.717) is 6.04 Å². The van der Waals surface area contributed by atoms with E-state index in [9.17, 15) is 0 Å². The van der Waals surface area contributed by atoms with Gasteiger partial charge in [-0.25, -0.2) is 4.98 Å². The lowest BCUT2D eigenvalue weighted by atomic mass is 9.96. The summed E-state index contributed by atoms with van der Waals surface area (Å²) in [5.74, 6) is 0.970. The Kier molecular flexibility index (Phi) is 4.70. The first-order valence-corrected chi connectivity index (χ1v) is 8.77. The summed E-state index contributed by atoms with van der Waals surface area (Å²) in [6.45, 7) is 3.94. The third kappa shape index (κ3) is 3.54. The molecule has 4 rings (SSSR count). The monoisotopic (exact) mass is 330 g/mol. The zero-order chi connectivity index (χ0) is 16.9. The predicted molar refractivity (Wildman–Crippen MR) is 101 cm³/mol. The molecule has 0 amide bonds. The van der Waals surface area contributed by atoms with Crippen molar-refractivity contribution in [1.82, 2.24) is 14.9 Å². The van der Waals surface area contributed by atoms with Crippen molar-refractivity contribution in [2.24, 2.45) is 0 Å². The zero-order valence-electron chi connectivity index (χ0n) is 14.2. The van der Waals surface area contributed by atoms with Gasteiger partial charge >= 0.3 is 0 Å². The first kappa shape index (κ1) is 15.8. The van der Waals surface area contributed by atoms with Gasteiger partial charge in [-0.3, -0.25) is 9.88 Å². The molecule has 4 nitrogen and oxygen atoms in total. The van der Waals surface area contributed by atoms with E-state index >= 15 is 0 Å². The van der Waals surface area contributed by atoms with E-state index in [1.165, 1.54) is 11.1 Å². The third-order valence-corrected chi connectivity index (χ3v) is 4.78. The minimum atomic E-state index is 0.298. The maximum Gasteiger partial charge on any atom is 0.147 e. The molecule has 2 aromatic carbocycles. The van der Waals surface area contributed by atoms with Crippen molar-refractivity contribution < 1.29 is 0 Å². The molecule has 1 fully saturated rings. The Morgan fingerprint density at radius 3 is 1.84 bits per heavy atom. The van der Waals surface area contributed by atoms with Crippen LogP contribution in [0.25, 0.3) is 0 Å². The molecule has 0 unspecified atom stereocenters. The fourth-order valence-electron chi connectivity index (χ4n) is 3.55. The van der Waals surface area contributed by atoms with E-state index in [1.807, 2.05) is 6.20 Å². The number of hydrogen-bond acceptors (Lipinski definition) is 4. The average Bonchev–Trinajstić information content (AvgIpc) is 2.71. The average molecular weight is 330 g/mol. The minimum Gasteiger partial charge on any atom is -0.353 e. The predicted octanol–water partition coefficient (Wildman–Crippen LogP) is 3.39. The normalized spacial score (nSPS) is 15.5. The molecule has 1 aliphatic heterocycles. The van der Waals surface area contributed by atoms with Crippen LogP contribution >= 0.6 is 0 Å². The lowest BCUT2D eigenvalue weighted by Gasteiger charge is -2.40. The van der Waals surface area contributed by atoms with Gasteiger partial charge in [0.2, 0.25) is 0 Å². The van der Waals surface area contributed by atoms with E-state index < -0.39 is 0 Å². The summed E-state index contributed by atoms with van der Waals surface area (Å²) in [5, 5.41) is 0. The molecule has 0 radical (unpaired) electrons. The quantitative estimate of drug-likeness (QED) is 0.734. The van der Waals surface area contributed by atoms with Crippen LogP contribution in [0.3, 0.4) is 0 Å². The Labute approximate surface area is 148 Å². The van der Waals surface area contributed by atoms with Crippen LogP contribution in [0.4, 0.5) is 5.82 Å². The molecular weight excluding hydrogens is 308 g/mol. The Morgan fingerprint density at radius 2 is 1.32 bits per heavy atom. The van der Waals surface area contributed by atoms with E-state index in [1.54, 1.807) is 12.4 Å². The lowest BCUT2D eigenvalue weighted by molar-refractivity contribution is 0.212. The highest BCUT2D eigenvalue weighted by Crippen LogP contribution is 2.29. The Balaban J connectivity index is 1.55. The van der Waals surface area contributed by atoms with Crippen molar-refractivity contribution in [3.63, 3.8) is 0 Å². The SMILES string of the molecule is c1ccc(C(c2ccccc2)N2CCN(c3cnccn3)CC2)cc1. The first-order valence-electron chi connectivity index (χ1n) is 8.77. The van der Waals surface area contributed by atoms with Crippen molar-refractivity contribution >= 4 is 5.82 Å². The summed E-state index contributed by atoms with van der Waals surface area (Å²) in [6.07, 6.45) is 5.33. The number of rotatable bonds is 4. The highest BCUT2D eigenvalue weighted by molar-refractivity contribution is 5.37. The van der Waals surface area contributed by atoms with Crippen LogP contribution < -0.4 is 4.90 Å². The molecule has 0 N–H and O–H groups in total. The number of aromatic nitrogens is 2. The molecule has 0 aliphatic carbocycles.